The Hall–Kier alpha value is -2.48. The van der Waals surface area contributed by atoms with Gasteiger partial charge in [-0.3, -0.25) is 4.79 Å². The quantitative estimate of drug-likeness (QED) is 0.611. The average Bonchev–Trinajstić information content (AvgIpc) is 2.98. The summed E-state index contributed by atoms with van der Waals surface area (Å²) in [5, 5.41) is 8.88. The monoisotopic (exact) mass is 363 g/mol. The molecular formula is C17H22FN5OS. The summed E-state index contributed by atoms with van der Waals surface area (Å²) in [6, 6.07) is 5.62. The lowest BCUT2D eigenvalue weighted by atomic mass is 10.3. The molecule has 1 amide bonds. The number of hydrogen-bond acceptors (Lipinski definition) is 4. The SMILES string of the molecule is CCNC(=NCC(=O)Nc1ccc(F)cc1)N(C)Cc1csc(C)n1. The van der Waals surface area contributed by atoms with Crippen molar-refractivity contribution in [2.24, 2.45) is 4.99 Å². The highest BCUT2D eigenvalue weighted by atomic mass is 32.1. The van der Waals surface area contributed by atoms with Gasteiger partial charge in [0, 0.05) is 24.7 Å². The van der Waals surface area contributed by atoms with Crippen LogP contribution >= 0.6 is 11.3 Å². The zero-order chi connectivity index (χ0) is 18.2. The van der Waals surface area contributed by atoms with Gasteiger partial charge in [0.25, 0.3) is 0 Å². The number of anilines is 1. The van der Waals surface area contributed by atoms with Gasteiger partial charge in [-0.15, -0.1) is 11.3 Å². The molecule has 0 aliphatic rings. The minimum absolute atomic E-state index is 0.0276. The maximum atomic E-state index is 12.9. The molecule has 0 aliphatic heterocycles. The number of benzene rings is 1. The van der Waals surface area contributed by atoms with Gasteiger partial charge in [-0.25, -0.2) is 14.4 Å². The van der Waals surface area contributed by atoms with Crippen LogP contribution in [-0.4, -0.2) is 41.9 Å². The maximum Gasteiger partial charge on any atom is 0.246 e. The number of thiazole rings is 1. The van der Waals surface area contributed by atoms with Crippen molar-refractivity contribution in [2.45, 2.75) is 20.4 Å². The maximum absolute atomic E-state index is 12.9. The molecule has 2 aromatic rings. The molecule has 0 atom stereocenters. The summed E-state index contributed by atoms with van der Waals surface area (Å²) < 4.78 is 12.9. The van der Waals surface area contributed by atoms with Crippen molar-refractivity contribution in [3.63, 3.8) is 0 Å². The lowest BCUT2D eigenvalue weighted by molar-refractivity contribution is -0.114. The third-order valence-electron chi connectivity index (χ3n) is 3.26. The summed E-state index contributed by atoms with van der Waals surface area (Å²) >= 11 is 1.60. The Balaban J connectivity index is 1.95. The van der Waals surface area contributed by atoms with E-state index in [1.54, 1.807) is 11.3 Å². The summed E-state index contributed by atoms with van der Waals surface area (Å²) in [4.78, 5) is 22.7. The van der Waals surface area contributed by atoms with Crippen LogP contribution in [-0.2, 0) is 11.3 Å². The molecule has 1 aromatic carbocycles. The van der Waals surface area contributed by atoms with Crippen LogP contribution in [0.25, 0.3) is 0 Å². The lowest BCUT2D eigenvalue weighted by Gasteiger charge is -2.21. The third-order valence-corrected chi connectivity index (χ3v) is 4.08. The number of aromatic nitrogens is 1. The number of guanidine groups is 1. The molecule has 0 radical (unpaired) electrons. The predicted octanol–water partition coefficient (Wildman–Crippen LogP) is 2.63. The van der Waals surface area contributed by atoms with Gasteiger partial charge < -0.3 is 15.5 Å². The van der Waals surface area contributed by atoms with Gasteiger partial charge in [0.15, 0.2) is 5.96 Å². The van der Waals surface area contributed by atoms with Crippen molar-refractivity contribution in [1.82, 2.24) is 15.2 Å². The Morgan fingerprint density at radius 3 is 2.68 bits per heavy atom. The number of rotatable bonds is 6. The van der Waals surface area contributed by atoms with Crippen LogP contribution in [0.1, 0.15) is 17.6 Å². The molecule has 0 saturated carbocycles. The van der Waals surface area contributed by atoms with Gasteiger partial charge in [-0.05, 0) is 38.1 Å². The van der Waals surface area contributed by atoms with E-state index in [-0.39, 0.29) is 18.3 Å². The van der Waals surface area contributed by atoms with Crippen molar-refractivity contribution in [1.29, 1.82) is 0 Å². The Bertz CT molecular complexity index is 729. The number of carbonyl (C=O) groups excluding carboxylic acids is 1. The van der Waals surface area contributed by atoms with E-state index in [9.17, 15) is 9.18 Å². The standard InChI is InChI=1S/C17H22FN5OS/c1-4-19-17(23(3)10-15-11-25-12(2)21-15)20-9-16(24)22-14-7-5-13(18)6-8-14/h5-8,11H,4,9-10H2,1-3H3,(H,19,20)(H,22,24). The molecule has 0 unspecified atom stereocenters. The first kappa shape index (κ1) is 18.9. The molecule has 25 heavy (non-hydrogen) atoms. The number of nitrogens with one attached hydrogen (secondary N) is 2. The largest absolute Gasteiger partial charge is 0.357 e. The number of aliphatic imine (C=N–C) groups is 1. The smallest absolute Gasteiger partial charge is 0.246 e. The zero-order valence-corrected chi connectivity index (χ0v) is 15.4. The van der Waals surface area contributed by atoms with E-state index in [1.807, 2.05) is 31.2 Å². The van der Waals surface area contributed by atoms with E-state index in [0.717, 1.165) is 10.7 Å². The number of hydrogen-bond donors (Lipinski definition) is 2. The van der Waals surface area contributed by atoms with Crippen molar-refractivity contribution in [2.75, 3.05) is 25.5 Å². The normalized spacial score (nSPS) is 11.3. The van der Waals surface area contributed by atoms with Gasteiger partial charge in [-0.2, -0.15) is 0 Å². The van der Waals surface area contributed by atoms with Crippen molar-refractivity contribution >= 4 is 28.9 Å². The van der Waals surface area contributed by atoms with E-state index in [4.69, 9.17) is 0 Å². The van der Waals surface area contributed by atoms with Gasteiger partial charge in [-0.1, -0.05) is 0 Å². The third kappa shape index (κ3) is 6.15. The molecule has 0 bridgehead atoms. The molecule has 0 fully saturated rings. The number of aryl methyl sites for hydroxylation is 1. The highest BCUT2D eigenvalue weighted by molar-refractivity contribution is 7.09. The number of amides is 1. The first-order chi connectivity index (χ1) is 12.0. The molecule has 0 spiro atoms. The van der Waals surface area contributed by atoms with E-state index in [2.05, 4.69) is 20.6 Å². The number of halogens is 1. The van der Waals surface area contributed by atoms with E-state index in [1.165, 1.54) is 24.3 Å². The zero-order valence-electron chi connectivity index (χ0n) is 14.5. The number of nitrogens with zero attached hydrogens (tertiary/aromatic N) is 3. The molecular weight excluding hydrogens is 341 g/mol. The van der Waals surface area contributed by atoms with Crippen molar-refractivity contribution in [3.8, 4) is 0 Å². The fraction of sp³-hybridized carbons (Fsp3) is 0.353. The van der Waals surface area contributed by atoms with Gasteiger partial charge in [0.1, 0.15) is 12.4 Å². The fourth-order valence-electron chi connectivity index (χ4n) is 2.15. The molecule has 2 N–H and O–H groups in total. The fourth-order valence-corrected chi connectivity index (χ4v) is 2.75. The topological polar surface area (TPSA) is 69.6 Å². The second kappa shape index (κ2) is 9.12. The molecule has 0 aliphatic carbocycles. The Kier molecular flexibility index (Phi) is 6.88. The number of carbonyl (C=O) groups is 1. The summed E-state index contributed by atoms with van der Waals surface area (Å²) in [6.45, 7) is 5.21. The first-order valence-electron chi connectivity index (χ1n) is 7.93. The van der Waals surface area contributed by atoms with Crippen LogP contribution in [0.4, 0.5) is 10.1 Å². The van der Waals surface area contributed by atoms with Gasteiger partial charge in [0.05, 0.1) is 17.2 Å². The molecule has 134 valence electrons. The van der Waals surface area contributed by atoms with Crippen LogP contribution in [0.5, 0.6) is 0 Å². The highest BCUT2D eigenvalue weighted by Crippen LogP contribution is 2.10. The molecule has 6 nitrogen and oxygen atoms in total. The molecule has 8 heteroatoms. The van der Waals surface area contributed by atoms with Crippen LogP contribution in [0.3, 0.4) is 0 Å². The van der Waals surface area contributed by atoms with E-state index >= 15 is 0 Å². The summed E-state index contributed by atoms with van der Waals surface area (Å²) in [7, 11) is 1.90. The molecule has 0 saturated heterocycles. The van der Waals surface area contributed by atoms with Crippen LogP contribution in [0, 0.1) is 12.7 Å². The van der Waals surface area contributed by atoms with Crippen molar-refractivity contribution < 1.29 is 9.18 Å². The summed E-state index contributed by atoms with van der Waals surface area (Å²) in [5.41, 5.74) is 1.50. The minimum atomic E-state index is -0.343. The van der Waals surface area contributed by atoms with E-state index in [0.29, 0.717) is 24.7 Å². The molecule has 1 heterocycles. The summed E-state index contributed by atoms with van der Waals surface area (Å²) in [6.07, 6.45) is 0. The van der Waals surface area contributed by atoms with Gasteiger partial charge >= 0.3 is 0 Å². The Morgan fingerprint density at radius 1 is 1.36 bits per heavy atom. The van der Waals surface area contributed by atoms with Crippen LogP contribution in [0.15, 0.2) is 34.6 Å². The Labute approximate surface area is 150 Å². The second-order valence-corrected chi connectivity index (χ2v) is 6.50. The second-order valence-electron chi connectivity index (χ2n) is 5.44. The lowest BCUT2D eigenvalue weighted by Crippen LogP contribution is -2.39. The Morgan fingerprint density at radius 2 is 2.08 bits per heavy atom. The summed E-state index contributed by atoms with van der Waals surface area (Å²) in [5.74, 6) is 0.0201. The molecule has 2 rings (SSSR count). The first-order valence-corrected chi connectivity index (χ1v) is 8.81. The van der Waals surface area contributed by atoms with Crippen LogP contribution < -0.4 is 10.6 Å². The van der Waals surface area contributed by atoms with Gasteiger partial charge in [0.2, 0.25) is 5.91 Å². The highest BCUT2D eigenvalue weighted by Gasteiger charge is 2.10. The average molecular weight is 363 g/mol. The van der Waals surface area contributed by atoms with Crippen molar-refractivity contribution in [3.05, 3.63) is 46.2 Å². The van der Waals surface area contributed by atoms with E-state index < -0.39 is 0 Å². The molecule has 1 aromatic heterocycles. The minimum Gasteiger partial charge on any atom is -0.357 e. The van der Waals surface area contributed by atoms with Crippen LogP contribution in [0.2, 0.25) is 0 Å². The predicted molar refractivity (Wildman–Crippen MR) is 99.3 cm³/mol.